The molecule has 1 unspecified atom stereocenters. The molecule has 0 saturated heterocycles. The molecule has 0 bridgehead atoms. The van der Waals surface area contributed by atoms with Crippen molar-refractivity contribution in [1.82, 2.24) is 0 Å². The second-order valence-electron chi connectivity index (χ2n) is 3.11. The highest BCUT2D eigenvalue weighted by molar-refractivity contribution is 9.10. The topological polar surface area (TPSA) is 26.3 Å². The number of hydrogen-bond donors (Lipinski definition) is 0. The van der Waals surface area contributed by atoms with Gasteiger partial charge in [-0.2, -0.15) is 0 Å². The molecule has 1 aromatic rings. The second-order valence-corrected chi connectivity index (χ2v) is 4.03. The summed E-state index contributed by atoms with van der Waals surface area (Å²) >= 11 is 3.23. The van der Waals surface area contributed by atoms with E-state index in [1.165, 1.54) is 13.0 Å². The Morgan fingerprint density at radius 1 is 1.60 bits per heavy atom. The summed E-state index contributed by atoms with van der Waals surface area (Å²) < 4.78 is 19.4. The van der Waals surface area contributed by atoms with Crippen molar-refractivity contribution in [2.45, 2.75) is 20.0 Å². The van der Waals surface area contributed by atoms with Gasteiger partial charge in [-0.05, 0) is 32.0 Å². The predicted octanol–water partition coefficient (Wildman–Crippen LogP) is 3.25. The van der Waals surface area contributed by atoms with Gasteiger partial charge in [0.2, 0.25) is 0 Å². The molecule has 0 aliphatic rings. The molecular formula is C11H12BrFO2. The van der Waals surface area contributed by atoms with Crippen molar-refractivity contribution >= 4 is 21.7 Å². The minimum atomic E-state index is -0.813. The Hall–Kier alpha value is -0.740. The molecule has 4 heteroatoms. The molecule has 0 N–H and O–H groups in total. The van der Waals surface area contributed by atoms with Crippen LogP contribution in [0, 0.1) is 5.82 Å². The third-order valence-electron chi connectivity index (χ3n) is 1.94. The molecule has 0 fully saturated rings. The highest BCUT2D eigenvalue weighted by Gasteiger charge is 2.20. The van der Waals surface area contributed by atoms with Crippen LogP contribution < -0.4 is 0 Å². The van der Waals surface area contributed by atoms with Crippen molar-refractivity contribution < 1.29 is 13.9 Å². The fourth-order valence-electron chi connectivity index (χ4n) is 1.31. The van der Waals surface area contributed by atoms with Gasteiger partial charge in [0.25, 0.3) is 0 Å². The average Bonchev–Trinajstić information content (AvgIpc) is 2.18. The molecule has 82 valence electrons. The summed E-state index contributed by atoms with van der Waals surface area (Å²) in [6, 6.07) is 4.47. The van der Waals surface area contributed by atoms with Gasteiger partial charge >= 0.3 is 0 Å². The van der Waals surface area contributed by atoms with Gasteiger partial charge in [0.1, 0.15) is 11.9 Å². The maximum atomic E-state index is 13.5. The molecule has 0 aliphatic heterocycles. The molecule has 1 rings (SSSR count). The Morgan fingerprint density at radius 2 is 2.27 bits per heavy atom. The SMILES string of the molecule is CCOC(C(C)=O)c1cc(Br)ccc1F. The number of ketones is 1. The molecule has 1 atom stereocenters. The molecule has 0 aromatic heterocycles. The molecule has 15 heavy (non-hydrogen) atoms. The fraction of sp³-hybridized carbons (Fsp3) is 0.364. The van der Waals surface area contributed by atoms with Crippen molar-refractivity contribution in [2.75, 3.05) is 6.61 Å². The number of hydrogen-bond acceptors (Lipinski definition) is 2. The fourth-order valence-corrected chi connectivity index (χ4v) is 1.69. The van der Waals surface area contributed by atoms with Gasteiger partial charge in [0.15, 0.2) is 5.78 Å². The summed E-state index contributed by atoms with van der Waals surface area (Å²) in [5.74, 6) is -0.624. The van der Waals surface area contributed by atoms with E-state index in [-0.39, 0.29) is 11.3 Å². The highest BCUT2D eigenvalue weighted by atomic mass is 79.9. The van der Waals surface area contributed by atoms with Gasteiger partial charge in [-0.25, -0.2) is 4.39 Å². The first-order chi connectivity index (χ1) is 7.06. The van der Waals surface area contributed by atoms with E-state index in [2.05, 4.69) is 15.9 Å². The van der Waals surface area contributed by atoms with Crippen LogP contribution in [-0.4, -0.2) is 12.4 Å². The number of Topliss-reactive ketones (excluding diaryl/α,β-unsaturated/α-hetero) is 1. The van der Waals surface area contributed by atoms with Gasteiger partial charge < -0.3 is 4.74 Å². The molecule has 0 amide bonds. The lowest BCUT2D eigenvalue weighted by molar-refractivity contribution is -0.128. The van der Waals surface area contributed by atoms with E-state index < -0.39 is 11.9 Å². The van der Waals surface area contributed by atoms with Crippen LogP contribution in [-0.2, 0) is 9.53 Å². The molecule has 0 radical (unpaired) electrons. The third kappa shape index (κ3) is 3.11. The first kappa shape index (κ1) is 12.3. The standard InChI is InChI=1S/C11H12BrFO2/c1-3-15-11(7(2)14)9-6-8(12)4-5-10(9)13/h4-6,11H,3H2,1-2H3. The molecule has 0 spiro atoms. The average molecular weight is 275 g/mol. The van der Waals surface area contributed by atoms with E-state index in [4.69, 9.17) is 4.74 Å². The zero-order valence-corrected chi connectivity index (χ0v) is 10.2. The minimum Gasteiger partial charge on any atom is -0.366 e. The first-order valence-electron chi connectivity index (χ1n) is 4.63. The Kier molecular flexibility index (Phi) is 4.42. The van der Waals surface area contributed by atoms with Gasteiger partial charge in [0, 0.05) is 16.6 Å². The lowest BCUT2D eigenvalue weighted by atomic mass is 10.1. The summed E-state index contributed by atoms with van der Waals surface area (Å²) in [6.45, 7) is 3.53. The maximum absolute atomic E-state index is 13.5. The third-order valence-corrected chi connectivity index (χ3v) is 2.44. The lowest BCUT2D eigenvalue weighted by Gasteiger charge is -2.15. The molecule has 1 aromatic carbocycles. The number of carbonyl (C=O) groups excluding carboxylic acids is 1. The molecule has 2 nitrogen and oxygen atoms in total. The van der Waals surface area contributed by atoms with Gasteiger partial charge in [-0.3, -0.25) is 4.79 Å². The van der Waals surface area contributed by atoms with E-state index in [1.807, 2.05) is 0 Å². The van der Waals surface area contributed by atoms with E-state index in [9.17, 15) is 9.18 Å². The van der Waals surface area contributed by atoms with Gasteiger partial charge in [0.05, 0.1) is 0 Å². The Balaban J connectivity index is 3.09. The summed E-state index contributed by atoms with van der Waals surface area (Å²) in [5.41, 5.74) is 0.277. The molecule has 0 saturated carbocycles. The van der Waals surface area contributed by atoms with E-state index in [1.54, 1.807) is 19.1 Å². The Labute approximate surface area is 96.6 Å². The van der Waals surface area contributed by atoms with Crippen LogP contribution in [0.2, 0.25) is 0 Å². The summed E-state index contributed by atoms with van der Waals surface area (Å²) in [7, 11) is 0. The molecular weight excluding hydrogens is 263 g/mol. The van der Waals surface area contributed by atoms with Gasteiger partial charge in [-0.1, -0.05) is 15.9 Å². The van der Waals surface area contributed by atoms with Crippen LogP contribution in [0.4, 0.5) is 4.39 Å². The number of ether oxygens (including phenoxy) is 1. The van der Waals surface area contributed by atoms with Crippen LogP contribution in [0.15, 0.2) is 22.7 Å². The zero-order valence-electron chi connectivity index (χ0n) is 8.59. The first-order valence-corrected chi connectivity index (χ1v) is 5.42. The van der Waals surface area contributed by atoms with Crippen LogP contribution in [0.25, 0.3) is 0 Å². The molecule has 0 aliphatic carbocycles. The maximum Gasteiger partial charge on any atom is 0.163 e. The summed E-state index contributed by atoms with van der Waals surface area (Å²) in [5, 5.41) is 0. The van der Waals surface area contributed by atoms with E-state index in [0.29, 0.717) is 6.61 Å². The molecule has 0 heterocycles. The Morgan fingerprint density at radius 3 is 2.80 bits per heavy atom. The Bertz CT molecular complexity index is 366. The largest absolute Gasteiger partial charge is 0.366 e. The number of halogens is 2. The summed E-state index contributed by atoms with van der Waals surface area (Å²) in [4.78, 5) is 11.3. The van der Waals surface area contributed by atoms with Gasteiger partial charge in [-0.15, -0.1) is 0 Å². The number of carbonyl (C=O) groups is 1. The smallest absolute Gasteiger partial charge is 0.163 e. The highest BCUT2D eigenvalue weighted by Crippen LogP contribution is 2.25. The van der Waals surface area contributed by atoms with Crippen molar-refractivity contribution in [2.24, 2.45) is 0 Å². The van der Waals surface area contributed by atoms with Crippen molar-refractivity contribution in [1.29, 1.82) is 0 Å². The predicted molar refractivity (Wildman–Crippen MR) is 59.1 cm³/mol. The number of benzene rings is 1. The van der Waals surface area contributed by atoms with Crippen molar-refractivity contribution in [3.63, 3.8) is 0 Å². The minimum absolute atomic E-state index is 0.200. The monoisotopic (exact) mass is 274 g/mol. The van der Waals surface area contributed by atoms with Crippen molar-refractivity contribution in [3.8, 4) is 0 Å². The van der Waals surface area contributed by atoms with E-state index >= 15 is 0 Å². The lowest BCUT2D eigenvalue weighted by Crippen LogP contribution is -2.14. The second kappa shape index (κ2) is 5.37. The number of rotatable bonds is 4. The quantitative estimate of drug-likeness (QED) is 0.843. The van der Waals surface area contributed by atoms with Crippen LogP contribution in [0.5, 0.6) is 0 Å². The normalized spacial score (nSPS) is 12.5. The zero-order chi connectivity index (χ0) is 11.4. The van der Waals surface area contributed by atoms with Crippen molar-refractivity contribution in [3.05, 3.63) is 34.1 Å². The van der Waals surface area contributed by atoms with E-state index in [0.717, 1.165) is 4.47 Å². The summed E-state index contributed by atoms with van der Waals surface area (Å²) in [6.07, 6.45) is -0.813. The van der Waals surface area contributed by atoms with Crippen LogP contribution in [0.3, 0.4) is 0 Å². The van der Waals surface area contributed by atoms with Crippen LogP contribution in [0.1, 0.15) is 25.5 Å². The van der Waals surface area contributed by atoms with Crippen LogP contribution >= 0.6 is 15.9 Å².